The van der Waals surface area contributed by atoms with Gasteiger partial charge in [0.1, 0.15) is 0 Å². The van der Waals surface area contributed by atoms with E-state index in [1.807, 2.05) is 12.1 Å². The molecule has 0 saturated carbocycles. The average Bonchev–Trinajstić information content (AvgIpc) is 2.78. The van der Waals surface area contributed by atoms with Crippen molar-refractivity contribution in [1.82, 2.24) is 10.1 Å². The summed E-state index contributed by atoms with van der Waals surface area (Å²) in [6.07, 6.45) is 0.674. The van der Waals surface area contributed by atoms with Crippen LogP contribution in [0.15, 0.2) is 28.8 Å². The summed E-state index contributed by atoms with van der Waals surface area (Å²) in [5.74, 6) is 1.19. The van der Waals surface area contributed by atoms with E-state index in [-0.39, 0.29) is 11.5 Å². The second kappa shape index (κ2) is 5.13. The predicted molar refractivity (Wildman–Crippen MR) is 74.7 cm³/mol. The molecule has 102 valence electrons. The first-order valence-corrected chi connectivity index (χ1v) is 6.50. The fraction of sp³-hybridized carbons (Fsp3) is 0.467. The third kappa shape index (κ3) is 3.20. The van der Waals surface area contributed by atoms with E-state index < -0.39 is 0 Å². The molecule has 19 heavy (non-hydrogen) atoms. The minimum Gasteiger partial charge on any atom is -0.338 e. The van der Waals surface area contributed by atoms with Crippen LogP contribution in [-0.2, 0) is 6.42 Å². The van der Waals surface area contributed by atoms with Crippen molar-refractivity contribution in [2.24, 2.45) is 11.1 Å². The molecule has 0 bridgehead atoms. The molecule has 1 aromatic carbocycles. The Morgan fingerprint density at radius 2 is 1.95 bits per heavy atom. The zero-order chi connectivity index (χ0) is 14.0. The molecule has 0 unspecified atom stereocenters. The van der Waals surface area contributed by atoms with E-state index >= 15 is 0 Å². The lowest BCUT2D eigenvalue weighted by Gasteiger charge is -2.23. The van der Waals surface area contributed by atoms with Crippen molar-refractivity contribution >= 4 is 0 Å². The van der Waals surface area contributed by atoms with Gasteiger partial charge < -0.3 is 10.3 Å². The molecule has 1 atom stereocenters. The summed E-state index contributed by atoms with van der Waals surface area (Å²) in [7, 11) is 0. The number of rotatable bonds is 3. The summed E-state index contributed by atoms with van der Waals surface area (Å²) < 4.78 is 5.28. The van der Waals surface area contributed by atoms with Crippen molar-refractivity contribution in [3.8, 4) is 0 Å². The van der Waals surface area contributed by atoms with Gasteiger partial charge in [0.15, 0.2) is 5.82 Å². The van der Waals surface area contributed by atoms with Crippen LogP contribution in [0, 0.1) is 12.3 Å². The molecule has 0 aliphatic carbocycles. The highest BCUT2D eigenvalue weighted by Gasteiger charge is 2.27. The van der Waals surface area contributed by atoms with Crippen LogP contribution in [0.4, 0.5) is 0 Å². The lowest BCUT2D eigenvalue weighted by molar-refractivity contribution is 0.252. The second-order valence-corrected chi connectivity index (χ2v) is 6.00. The van der Waals surface area contributed by atoms with Crippen molar-refractivity contribution in [1.29, 1.82) is 0 Å². The third-order valence-corrected chi connectivity index (χ3v) is 3.29. The Bertz CT molecular complexity index is 555. The SMILES string of the molecule is Cc1ccccc1Cc1noc([C@@H](N)C(C)(C)C)n1. The van der Waals surface area contributed by atoms with Crippen LogP contribution in [0.25, 0.3) is 0 Å². The quantitative estimate of drug-likeness (QED) is 0.920. The number of benzene rings is 1. The van der Waals surface area contributed by atoms with E-state index in [0.29, 0.717) is 18.1 Å². The predicted octanol–water partition coefficient (Wildman–Crippen LogP) is 3.01. The highest BCUT2D eigenvalue weighted by molar-refractivity contribution is 5.28. The molecule has 0 saturated heterocycles. The molecule has 0 amide bonds. The van der Waals surface area contributed by atoms with Crippen LogP contribution in [0.1, 0.15) is 49.7 Å². The monoisotopic (exact) mass is 259 g/mol. The molecule has 0 fully saturated rings. The zero-order valence-corrected chi connectivity index (χ0v) is 12.0. The van der Waals surface area contributed by atoms with Gasteiger partial charge >= 0.3 is 0 Å². The summed E-state index contributed by atoms with van der Waals surface area (Å²) >= 11 is 0. The highest BCUT2D eigenvalue weighted by Crippen LogP contribution is 2.29. The second-order valence-electron chi connectivity index (χ2n) is 6.00. The highest BCUT2D eigenvalue weighted by atomic mass is 16.5. The lowest BCUT2D eigenvalue weighted by atomic mass is 9.87. The number of hydrogen-bond donors (Lipinski definition) is 1. The molecular weight excluding hydrogens is 238 g/mol. The molecule has 0 spiro atoms. The summed E-state index contributed by atoms with van der Waals surface area (Å²) in [5, 5.41) is 4.02. The van der Waals surface area contributed by atoms with Crippen LogP contribution < -0.4 is 5.73 Å². The van der Waals surface area contributed by atoms with Crippen molar-refractivity contribution < 1.29 is 4.52 Å². The Morgan fingerprint density at radius 1 is 1.26 bits per heavy atom. The van der Waals surface area contributed by atoms with E-state index in [2.05, 4.69) is 50.0 Å². The molecule has 4 heteroatoms. The third-order valence-electron chi connectivity index (χ3n) is 3.29. The largest absolute Gasteiger partial charge is 0.338 e. The maximum atomic E-state index is 6.11. The van der Waals surface area contributed by atoms with E-state index in [0.717, 1.165) is 0 Å². The summed E-state index contributed by atoms with van der Waals surface area (Å²) in [4.78, 5) is 4.41. The van der Waals surface area contributed by atoms with Gasteiger partial charge in [-0.1, -0.05) is 50.2 Å². The lowest BCUT2D eigenvalue weighted by Crippen LogP contribution is -2.26. The molecule has 2 N–H and O–H groups in total. The first-order chi connectivity index (χ1) is 8.88. The Kier molecular flexibility index (Phi) is 3.71. The molecule has 2 aromatic rings. The summed E-state index contributed by atoms with van der Waals surface area (Å²) in [5.41, 5.74) is 8.46. The number of nitrogens with zero attached hydrogens (tertiary/aromatic N) is 2. The normalized spacial score (nSPS) is 13.5. The number of nitrogens with two attached hydrogens (primary N) is 1. The minimum absolute atomic E-state index is 0.0908. The molecule has 0 aliphatic rings. The van der Waals surface area contributed by atoms with Gasteiger partial charge in [-0.15, -0.1) is 0 Å². The Hall–Kier alpha value is -1.68. The minimum atomic E-state index is -0.245. The van der Waals surface area contributed by atoms with E-state index in [1.165, 1.54) is 11.1 Å². The van der Waals surface area contributed by atoms with Gasteiger partial charge in [0.25, 0.3) is 0 Å². The molecule has 1 aromatic heterocycles. The van der Waals surface area contributed by atoms with Crippen molar-refractivity contribution in [2.75, 3.05) is 0 Å². The topological polar surface area (TPSA) is 64.9 Å². The van der Waals surface area contributed by atoms with Crippen molar-refractivity contribution in [3.05, 3.63) is 47.1 Å². The first kappa shape index (κ1) is 13.7. The van der Waals surface area contributed by atoms with Gasteiger partial charge in [0.2, 0.25) is 5.89 Å². The fourth-order valence-electron chi connectivity index (χ4n) is 1.81. The standard InChI is InChI=1S/C15H21N3O/c1-10-7-5-6-8-11(10)9-12-17-14(19-18-12)13(16)15(2,3)4/h5-8,13H,9,16H2,1-4H3/t13-/m1/s1. The van der Waals surface area contributed by atoms with E-state index in [9.17, 15) is 0 Å². The molecule has 2 rings (SSSR count). The van der Waals surface area contributed by atoms with Gasteiger partial charge in [0, 0.05) is 6.42 Å². The van der Waals surface area contributed by atoms with Crippen molar-refractivity contribution in [3.63, 3.8) is 0 Å². The van der Waals surface area contributed by atoms with Gasteiger partial charge in [-0.25, -0.2) is 0 Å². The molecule has 4 nitrogen and oxygen atoms in total. The fourth-order valence-corrected chi connectivity index (χ4v) is 1.81. The smallest absolute Gasteiger partial charge is 0.244 e. The maximum Gasteiger partial charge on any atom is 0.244 e. The van der Waals surface area contributed by atoms with Gasteiger partial charge in [-0.05, 0) is 23.5 Å². The summed E-state index contributed by atoms with van der Waals surface area (Å²) in [6, 6.07) is 7.96. The van der Waals surface area contributed by atoms with Crippen LogP contribution in [0.3, 0.4) is 0 Å². The maximum absolute atomic E-state index is 6.11. The van der Waals surface area contributed by atoms with Gasteiger partial charge in [-0.2, -0.15) is 4.98 Å². The molecule has 1 heterocycles. The molecule has 0 aliphatic heterocycles. The average molecular weight is 259 g/mol. The van der Waals surface area contributed by atoms with E-state index in [4.69, 9.17) is 10.3 Å². The number of aromatic nitrogens is 2. The number of aryl methyl sites for hydroxylation is 1. The van der Waals surface area contributed by atoms with E-state index in [1.54, 1.807) is 0 Å². The zero-order valence-electron chi connectivity index (χ0n) is 12.0. The summed E-state index contributed by atoms with van der Waals surface area (Å²) in [6.45, 7) is 8.26. The molecule has 0 radical (unpaired) electrons. The molecular formula is C15H21N3O. The van der Waals surface area contributed by atoms with Crippen LogP contribution in [0.2, 0.25) is 0 Å². The van der Waals surface area contributed by atoms with Crippen LogP contribution in [-0.4, -0.2) is 10.1 Å². The first-order valence-electron chi connectivity index (χ1n) is 6.50. The van der Waals surface area contributed by atoms with Crippen LogP contribution >= 0.6 is 0 Å². The van der Waals surface area contributed by atoms with Gasteiger partial charge in [0.05, 0.1) is 6.04 Å². The number of hydrogen-bond acceptors (Lipinski definition) is 4. The van der Waals surface area contributed by atoms with Crippen LogP contribution in [0.5, 0.6) is 0 Å². The van der Waals surface area contributed by atoms with Crippen molar-refractivity contribution in [2.45, 2.75) is 40.2 Å². The van der Waals surface area contributed by atoms with Gasteiger partial charge in [-0.3, -0.25) is 0 Å². The Morgan fingerprint density at radius 3 is 2.58 bits per heavy atom. The Labute approximate surface area is 114 Å². The Balaban J connectivity index is 2.16.